The number of thiophene rings is 4. The fraction of sp³-hybridized carbons (Fsp3) is 0.217. The average molecular weight is 502 g/mol. The zero-order valence-corrected chi connectivity index (χ0v) is 21.1. The molecule has 0 aliphatic carbocycles. The van der Waals surface area contributed by atoms with Crippen LogP contribution >= 0.6 is 57.1 Å². The predicted molar refractivity (Wildman–Crippen MR) is 136 cm³/mol. The van der Waals surface area contributed by atoms with Gasteiger partial charge < -0.3 is 0 Å². The number of rotatable bonds is 7. The summed E-state index contributed by atoms with van der Waals surface area (Å²) in [6.07, 6.45) is 3.91. The Hall–Kier alpha value is -1.71. The van der Waals surface area contributed by atoms with Crippen LogP contribution in [0.3, 0.4) is 0 Å². The van der Waals surface area contributed by atoms with E-state index in [-0.39, 0.29) is 11.8 Å². The lowest BCUT2D eigenvalue weighted by atomic mass is 10.2. The first-order valence-electron chi connectivity index (χ1n) is 9.93. The number of imide groups is 1. The van der Waals surface area contributed by atoms with Crippen LogP contribution in [0.2, 0.25) is 0 Å². The Balaban J connectivity index is 1.38. The summed E-state index contributed by atoms with van der Waals surface area (Å²) in [5, 5.41) is 0. The first-order chi connectivity index (χ1) is 15.1. The summed E-state index contributed by atoms with van der Waals surface area (Å²) >= 11 is 8.56. The van der Waals surface area contributed by atoms with Crippen LogP contribution in [-0.4, -0.2) is 29.5 Å². The van der Waals surface area contributed by atoms with Crippen molar-refractivity contribution in [3.8, 4) is 29.3 Å². The molecule has 3 nitrogen and oxygen atoms in total. The molecule has 0 N–H and O–H groups in total. The quantitative estimate of drug-likeness (QED) is 0.190. The molecule has 0 spiro atoms. The minimum atomic E-state index is -0.142. The molecule has 8 heteroatoms. The van der Waals surface area contributed by atoms with Gasteiger partial charge in [-0.05, 0) is 55.1 Å². The molecular weight excluding hydrogens is 483 g/mol. The van der Waals surface area contributed by atoms with Gasteiger partial charge in [0.05, 0.1) is 9.77 Å². The number of thioether (sulfide) groups is 1. The van der Waals surface area contributed by atoms with Gasteiger partial charge in [-0.15, -0.1) is 57.1 Å². The zero-order valence-electron chi connectivity index (χ0n) is 17.0. The predicted octanol–water partition coefficient (Wildman–Crippen LogP) is 8.05. The van der Waals surface area contributed by atoms with Gasteiger partial charge in [0.15, 0.2) is 0 Å². The average Bonchev–Trinajstić information content (AvgIpc) is 3.57. The third-order valence-electron chi connectivity index (χ3n) is 5.11. The molecule has 4 aromatic heterocycles. The number of carbonyl (C=O) groups is 2. The fourth-order valence-electron chi connectivity index (χ4n) is 3.48. The molecule has 5 rings (SSSR count). The molecule has 0 saturated carbocycles. The normalized spacial score (nSPS) is 13.4. The van der Waals surface area contributed by atoms with E-state index in [0.29, 0.717) is 17.0 Å². The molecule has 1 aliphatic rings. The highest BCUT2D eigenvalue weighted by Gasteiger charge is 2.37. The Bertz CT molecular complexity index is 1240. The summed E-state index contributed by atoms with van der Waals surface area (Å²) in [5.74, 6) is -0.277. The van der Waals surface area contributed by atoms with Crippen LogP contribution in [0.4, 0.5) is 0 Å². The molecule has 0 radical (unpaired) electrons. The Kier molecular flexibility index (Phi) is 5.92. The van der Waals surface area contributed by atoms with Crippen molar-refractivity contribution in [2.24, 2.45) is 0 Å². The molecule has 0 atom stereocenters. The highest BCUT2D eigenvalue weighted by Crippen LogP contribution is 2.45. The fourth-order valence-corrected chi connectivity index (χ4v) is 8.39. The van der Waals surface area contributed by atoms with E-state index in [1.54, 1.807) is 34.4 Å². The Morgan fingerprint density at radius 3 is 1.90 bits per heavy atom. The van der Waals surface area contributed by atoms with Gasteiger partial charge in [-0.2, -0.15) is 0 Å². The smallest absolute Gasteiger partial charge is 0.271 e. The first-order valence-corrected chi connectivity index (χ1v) is 14.4. The highest BCUT2D eigenvalue weighted by atomic mass is 32.2. The van der Waals surface area contributed by atoms with Gasteiger partial charge in [0.1, 0.15) is 4.88 Å². The Morgan fingerprint density at radius 2 is 1.35 bits per heavy atom. The van der Waals surface area contributed by atoms with E-state index in [1.165, 1.54) is 40.0 Å². The number of hydrogen-bond acceptors (Lipinski definition) is 7. The maximum atomic E-state index is 12.7. The first kappa shape index (κ1) is 21.2. The van der Waals surface area contributed by atoms with Crippen molar-refractivity contribution >= 4 is 68.9 Å². The maximum absolute atomic E-state index is 12.7. The van der Waals surface area contributed by atoms with E-state index >= 15 is 0 Å². The molecule has 158 valence electrons. The molecular formula is C23H19NO2S5. The van der Waals surface area contributed by atoms with Gasteiger partial charge in [-0.1, -0.05) is 13.3 Å². The summed E-state index contributed by atoms with van der Waals surface area (Å²) in [4.78, 5) is 34.5. The van der Waals surface area contributed by atoms with Crippen molar-refractivity contribution < 1.29 is 9.59 Å². The molecule has 0 saturated heterocycles. The summed E-state index contributed by atoms with van der Waals surface area (Å²) < 4.78 is 1.33. The van der Waals surface area contributed by atoms with Crippen LogP contribution in [0.15, 0.2) is 46.7 Å². The topological polar surface area (TPSA) is 37.4 Å². The lowest BCUT2D eigenvalue weighted by Gasteiger charge is -2.12. The summed E-state index contributed by atoms with van der Waals surface area (Å²) in [5.41, 5.74) is 0.566. The molecule has 31 heavy (non-hydrogen) atoms. The molecule has 1 aliphatic heterocycles. The second-order valence-electron chi connectivity index (χ2n) is 7.12. The van der Waals surface area contributed by atoms with Gasteiger partial charge in [-0.25, -0.2) is 0 Å². The number of nitrogens with zero attached hydrogens (tertiary/aromatic N) is 1. The monoisotopic (exact) mass is 501 g/mol. The van der Waals surface area contributed by atoms with E-state index in [4.69, 9.17) is 0 Å². The minimum Gasteiger partial charge on any atom is -0.274 e. The lowest BCUT2D eigenvalue weighted by molar-refractivity contribution is 0.0653. The number of carbonyl (C=O) groups excluding carboxylic acids is 2. The van der Waals surface area contributed by atoms with Crippen LogP contribution in [0, 0.1) is 0 Å². The van der Waals surface area contributed by atoms with Gasteiger partial charge in [0.2, 0.25) is 0 Å². The molecule has 0 fully saturated rings. The van der Waals surface area contributed by atoms with Crippen LogP contribution < -0.4 is 0 Å². The van der Waals surface area contributed by atoms with Crippen LogP contribution in [0.1, 0.15) is 39.8 Å². The van der Waals surface area contributed by atoms with Crippen molar-refractivity contribution in [1.29, 1.82) is 0 Å². The lowest BCUT2D eigenvalue weighted by Crippen LogP contribution is -2.30. The van der Waals surface area contributed by atoms with Crippen LogP contribution in [0.5, 0.6) is 0 Å². The second-order valence-corrected chi connectivity index (χ2v) is 12.5. The Morgan fingerprint density at radius 1 is 0.774 bits per heavy atom. The molecule has 4 aromatic rings. The molecule has 0 bridgehead atoms. The third-order valence-corrected chi connectivity index (χ3v) is 11.2. The molecule has 0 unspecified atom stereocenters. The third kappa shape index (κ3) is 3.85. The van der Waals surface area contributed by atoms with Gasteiger partial charge >= 0.3 is 0 Å². The summed E-state index contributed by atoms with van der Waals surface area (Å²) in [6.45, 7) is 2.57. The maximum Gasteiger partial charge on any atom is 0.271 e. The van der Waals surface area contributed by atoms with Crippen molar-refractivity contribution in [1.82, 2.24) is 4.90 Å². The zero-order chi connectivity index (χ0) is 21.5. The molecule has 5 heterocycles. The van der Waals surface area contributed by atoms with Gasteiger partial charge in [0.25, 0.3) is 11.8 Å². The van der Waals surface area contributed by atoms with E-state index in [0.717, 1.165) is 22.6 Å². The second kappa shape index (κ2) is 8.67. The summed E-state index contributed by atoms with van der Waals surface area (Å²) in [6, 6.07) is 14.9. The van der Waals surface area contributed by atoms with Gasteiger partial charge in [0, 0.05) is 35.8 Å². The van der Waals surface area contributed by atoms with E-state index in [1.807, 2.05) is 17.4 Å². The van der Waals surface area contributed by atoms with E-state index < -0.39 is 0 Å². The highest BCUT2D eigenvalue weighted by molar-refractivity contribution is 8.00. The van der Waals surface area contributed by atoms with Crippen molar-refractivity contribution in [2.75, 3.05) is 12.8 Å². The summed E-state index contributed by atoms with van der Waals surface area (Å²) in [7, 11) is 0. The number of hydrogen-bond donors (Lipinski definition) is 0. The molecule has 0 aromatic carbocycles. The SMILES string of the molecule is CCCCN1C(=O)c2cc(-c3ccc(-c4ccc(-c5ccc(SC)s5)s4)s3)sc2C1=O. The standard InChI is InChI=1S/C23H19NO2S5/c1-3-4-11-24-22(25)13-12-19(31-21(13)23(24)26)18-8-7-15(29-18)14-5-6-16(28-14)17-9-10-20(27-2)30-17/h5-10,12H,3-4,11H2,1-2H3. The minimum absolute atomic E-state index is 0.134. The number of amides is 2. The van der Waals surface area contributed by atoms with Crippen molar-refractivity contribution in [2.45, 2.75) is 24.0 Å². The number of unbranched alkanes of at least 4 members (excludes halogenated alkanes) is 1. The Labute approximate surface area is 201 Å². The largest absolute Gasteiger partial charge is 0.274 e. The van der Waals surface area contributed by atoms with Gasteiger partial charge in [-0.3, -0.25) is 14.5 Å². The van der Waals surface area contributed by atoms with Crippen molar-refractivity contribution in [3.05, 3.63) is 52.9 Å². The van der Waals surface area contributed by atoms with Crippen LogP contribution in [0.25, 0.3) is 29.3 Å². The van der Waals surface area contributed by atoms with E-state index in [9.17, 15) is 9.59 Å². The van der Waals surface area contributed by atoms with Crippen molar-refractivity contribution in [3.63, 3.8) is 0 Å². The molecule has 2 amide bonds. The van der Waals surface area contributed by atoms with E-state index in [2.05, 4.69) is 49.6 Å². The van der Waals surface area contributed by atoms with Crippen LogP contribution in [-0.2, 0) is 0 Å². The number of fused-ring (bicyclic) bond motifs is 1.